The molecule has 0 saturated heterocycles. The van der Waals surface area contributed by atoms with Gasteiger partial charge in [-0.15, -0.1) is 0 Å². The SMILES string of the molecule is O=C(O)c1cc(S(=O)(=O)NCC(F)(F)CO)ccc1I. The molecule has 6 nitrogen and oxygen atoms in total. The number of hydrogen-bond donors (Lipinski definition) is 3. The van der Waals surface area contributed by atoms with Crippen LogP contribution in [-0.2, 0) is 10.0 Å². The minimum Gasteiger partial charge on any atom is -0.478 e. The van der Waals surface area contributed by atoms with Gasteiger partial charge in [0.15, 0.2) is 0 Å². The van der Waals surface area contributed by atoms with Gasteiger partial charge in [-0.05, 0) is 40.8 Å². The van der Waals surface area contributed by atoms with Crippen LogP contribution in [0.3, 0.4) is 0 Å². The molecule has 0 spiro atoms. The highest BCUT2D eigenvalue weighted by Gasteiger charge is 2.30. The van der Waals surface area contributed by atoms with Crippen molar-refractivity contribution in [1.29, 1.82) is 0 Å². The van der Waals surface area contributed by atoms with Gasteiger partial charge in [-0.3, -0.25) is 0 Å². The minimum atomic E-state index is -4.28. The first-order chi connectivity index (χ1) is 9.09. The third-order valence-electron chi connectivity index (χ3n) is 2.23. The van der Waals surface area contributed by atoms with Crippen LogP contribution in [0, 0.1) is 3.57 Å². The van der Waals surface area contributed by atoms with Crippen LogP contribution in [0.15, 0.2) is 23.1 Å². The van der Waals surface area contributed by atoms with E-state index < -0.39 is 40.0 Å². The average Bonchev–Trinajstić information content (AvgIpc) is 2.36. The zero-order valence-corrected chi connectivity index (χ0v) is 12.8. The number of benzene rings is 1. The lowest BCUT2D eigenvalue weighted by atomic mass is 10.2. The summed E-state index contributed by atoms with van der Waals surface area (Å²) in [6.45, 7) is -2.77. The summed E-state index contributed by atoms with van der Waals surface area (Å²) in [6, 6.07) is 3.24. The van der Waals surface area contributed by atoms with Gasteiger partial charge in [0, 0.05) is 3.57 Å². The van der Waals surface area contributed by atoms with Crippen molar-refractivity contribution in [3.05, 3.63) is 27.3 Å². The monoisotopic (exact) mass is 421 g/mol. The lowest BCUT2D eigenvalue weighted by molar-refractivity contribution is -0.0437. The Morgan fingerprint density at radius 2 is 2.00 bits per heavy atom. The fraction of sp³-hybridized carbons (Fsp3) is 0.300. The summed E-state index contributed by atoms with van der Waals surface area (Å²) in [5.74, 6) is -4.92. The van der Waals surface area contributed by atoms with Crippen LogP contribution in [0.25, 0.3) is 0 Å². The molecule has 1 aromatic rings. The molecule has 10 heteroatoms. The number of carboxylic acid groups (broad SMARTS) is 1. The molecule has 0 heterocycles. The molecule has 0 radical (unpaired) electrons. The number of carboxylic acids is 1. The number of aliphatic hydroxyl groups excluding tert-OH is 1. The van der Waals surface area contributed by atoms with Crippen molar-refractivity contribution < 1.29 is 32.2 Å². The van der Waals surface area contributed by atoms with Crippen molar-refractivity contribution >= 4 is 38.6 Å². The molecule has 1 aromatic carbocycles. The van der Waals surface area contributed by atoms with E-state index in [9.17, 15) is 22.0 Å². The van der Waals surface area contributed by atoms with E-state index in [-0.39, 0.29) is 5.56 Å². The summed E-state index contributed by atoms with van der Waals surface area (Å²) in [5, 5.41) is 17.2. The van der Waals surface area contributed by atoms with Crippen molar-refractivity contribution in [2.24, 2.45) is 0 Å². The zero-order valence-electron chi connectivity index (χ0n) is 9.81. The molecule has 0 bridgehead atoms. The molecule has 0 saturated carbocycles. The molecule has 3 N–H and O–H groups in total. The second-order valence-corrected chi connectivity index (χ2v) is 6.71. The van der Waals surface area contributed by atoms with Gasteiger partial charge in [0.2, 0.25) is 10.0 Å². The Kier molecular flexibility index (Phi) is 5.40. The van der Waals surface area contributed by atoms with Crippen LogP contribution in [0.1, 0.15) is 10.4 Å². The molecule has 0 aromatic heterocycles. The van der Waals surface area contributed by atoms with Crippen LogP contribution < -0.4 is 4.72 Å². The molecule has 1 rings (SSSR count). The minimum absolute atomic E-state index is 0.248. The summed E-state index contributed by atoms with van der Waals surface area (Å²) in [5.41, 5.74) is -0.248. The highest BCUT2D eigenvalue weighted by atomic mass is 127. The number of carbonyl (C=O) groups is 1. The summed E-state index contributed by atoms with van der Waals surface area (Å²) < 4.78 is 51.0. The quantitative estimate of drug-likeness (QED) is 0.593. The fourth-order valence-corrected chi connectivity index (χ4v) is 2.83. The number of aromatic carboxylic acids is 1. The van der Waals surface area contributed by atoms with Crippen LogP contribution >= 0.6 is 22.6 Å². The molecule has 0 amide bonds. The lowest BCUT2D eigenvalue weighted by Crippen LogP contribution is -2.39. The molecule has 0 aliphatic heterocycles. The van der Waals surface area contributed by atoms with Crippen molar-refractivity contribution in [1.82, 2.24) is 4.72 Å². The van der Waals surface area contributed by atoms with E-state index in [0.29, 0.717) is 3.57 Å². The first-order valence-corrected chi connectivity index (χ1v) is 7.66. The molecule has 0 aliphatic carbocycles. The lowest BCUT2D eigenvalue weighted by Gasteiger charge is -2.14. The predicted octanol–water partition coefficient (Wildman–Crippen LogP) is 0.895. The van der Waals surface area contributed by atoms with Crippen LogP contribution in [0.4, 0.5) is 8.78 Å². The van der Waals surface area contributed by atoms with E-state index in [1.54, 1.807) is 27.3 Å². The van der Waals surface area contributed by atoms with E-state index >= 15 is 0 Å². The average molecular weight is 421 g/mol. The Bertz CT molecular complexity index is 620. The number of rotatable bonds is 6. The largest absolute Gasteiger partial charge is 0.478 e. The van der Waals surface area contributed by atoms with Crippen molar-refractivity contribution in [3.63, 3.8) is 0 Å². The first-order valence-electron chi connectivity index (χ1n) is 5.10. The molecule has 112 valence electrons. The topological polar surface area (TPSA) is 104 Å². The maximum atomic E-state index is 12.8. The molecule has 0 atom stereocenters. The molecule has 0 fully saturated rings. The second kappa shape index (κ2) is 6.28. The third kappa shape index (κ3) is 4.33. The molecular formula is C10H10F2INO5S. The number of alkyl halides is 2. The van der Waals surface area contributed by atoms with E-state index in [4.69, 9.17) is 10.2 Å². The number of nitrogens with one attached hydrogen (secondary N) is 1. The number of aliphatic hydroxyl groups is 1. The van der Waals surface area contributed by atoms with Crippen molar-refractivity contribution in [3.8, 4) is 0 Å². The van der Waals surface area contributed by atoms with Crippen LogP contribution in [0.5, 0.6) is 0 Å². The van der Waals surface area contributed by atoms with E-state index in [1.165, 1.54) is 6.07 Å². The number of halogens is 3. The second-order valence-electron chi connectivity index (χ2n) is 3.79. The summed E-state index contributed by atoms with van der Waals surface area (Å²) in [6.07, 6.45) is 0. The van der Waals surface area contributed by atoms with E-state index in [2.05, 4.69) is 0 Å². The van der Waals surface area contributed by atoms with E-state index in [0.717, 1.165) is 12.1 Å². The maximum Gasteiger partial charge on any atom is 0.336 e. The molecule has 0 unspecified atom stereocenters. The number of hydrogen-bond acceptors (Lipinski definition) is 4. The molecule has 20 heavy (non-hydrogen) atoms. The van der Waals surface area contributed by atoms with Crippen molar-refractivity contribution in [2.75, 3.05) is 13.2 Å². The molecular weight excluding hydrogens is 411 g/mol. The standard InChI is InChI=1S/C10H10F2INO5S/c11-10(12,5-15)4-14-20(18,19)6-1-2-8(13)7(3-6)9(16)17/h1-3,14-15H,4-5H2,(H,16,17). The first kappa shape index (κ1) is 17.2. The van der Waals surface area contributed by atoms with Gasteiger partial charge in [0.05, 0.1) is 17.0 Å². The normalized spacial score (nSPS) is 12.4. The predicted molar refractivity (Wildman–Crippen MR) is 73.3 cm³/mol. The highest BCUT2D eigenvalue weighted by molar-refractivity contribution is 14.1. The Labute approximate surface area is 127 Å². The van der Waals surface area contributed by atoms with Gasteiger partial charge < -0.3 is 10.2 Å². The van der Waals surface area contributed by atoms with Gasteiger partial charge in [-0.1, -0.05) is 0 Å². The fourth-order valence-electron chi connectivity index (χ4n) is 1.18. The zero-order chi connectivity index (χ0) is 15.6. The van der Waals surface area contributed by atoms with Crippen LogP contribution in [0.2, 0.25) is 0 Å². The maximum absolute atomic E-state index is 12.8. The van der Waals surface area contributed by atoms with Gasteiger partial charge in [-0.2, -0.15) is 0 Å². The Hall–Kier alpha value is -0.850. The van der Waals surface area contributed by atoms with Crippen LogP contribution in [-0.4, -0.2) is 43.7 Å². The highest BCUT2D eigenvalue weighted by Crippen LogP contribution is 2.19. The van der Waals surface area contributed by atoms with E-state index in [1.807, 2.05) is 0 Å². The molecule has 0 aliphatic rings. The summed E-state index contributed by atoms with van der Waals surface area (Å²) in [4.78, 5) is 10.5. The Morgan fingerprint density at radius 3 is 2.50 bits per heavy atom. The Balaban J connectivity index is 3.05. The Morgan fingerprint density at radius 1 is 1.40 bits per heavy atom. The van der Waals surface area contributed by atoms with Gasteiger partial charge in [0.25, 0.3) is 5.92 Å². The van der Waals surface area contributed by atoms with Gasteiger partial charge in [-0.25, -0.2) is 26.7 Å². The number of sulfonamides is 1. The third-order valence-corrected chi connectivity index (χ3v) is 4.57. The summed E-state index contributed by atoms with van der Waals surface area (Å²) in [7, 11) is -4.28. The van der Waals surface area contributed by atoms with Gasteiger partial charge in [0.1, 0.15) is 6.61 Å². The van der Waals surface area contributed by atoms with Gasteiger partial charge >= 0.3 is 5.97 Å². The van der Waals surface area contributed by atoms with Crippen molar-refractivity contribution in [2.45, 2.75) is 10.8 Å². The smallest absolute Gasteiger partial charge is 0.336 e. The summed E-state index contributed by atoms with van der Waals surface area (Å²) >= 11 is 1.71.